The molecule has 0 aromatic heterocycles. The Kier molecular flexibility index (Phi) is 4.26. The maximum Gasteiger partial charge on any atom is 0.141 e. The Balaban J connectivity index is 2.64. The molecule has 0 amide bonds. The lowest BCUT2D eigenvalue weighted by Crippen LogP contribution is -2.32. The third kappa shape index (κ3) is 2.30. The second-order valence-corrected chi connectivity index (χ2v) is 5.67. The first-order valence-corrected chi connectivity index (χ1v) is 7.09. The van der Waals surface area contributed by atoms with Crippen molar-refractivity contribution in [1.82, 2.24) is 0 Å². The lowest BCUT2D eigenvalue weighted by molar-refractivity contribution is 0.369. The summed E-state index contributed by atoms with van der Waals surface area (Å²) in [4.78, 5) is 0. The molecule has 1 aliphatic rings. The number of halogens is 1. The van der Waals surface area contributed by atoms with Crippen molar-refractivity contribution in [3.63, 3.8) is 0 Å². The molecule has 106 valence electrons. The first-order chi connectivity index (χ1) is 9.09. The van der Waals surface area contributed by atoms with Gasteiger partial charge >= 0.3 is 0 Å². The van der Waals surface area contributed by atoms with E-state index in [1.54, 1.807) is 14.2 Å². The Bertz CT molecular complexity index is 468. The Morgan fingerprint density at radius 1 is 1.26 bits per heavy atom. The summed E-state index contributed by atoms with van der Waals surface area (Å²) in [7, 11) is 3.33. The summed E-state index contributed by atoms with van der Waals surface area (Å²) in [6, 6.07) is 2.05. The molecule has 0 aliphatic heterocycles. The number of rotatable bonds is 4. The summed E-state index contributed by atoms with van der Waals surface area (Å²) in [6.45, 7) is 2.56. The van der Waals surface area contributed by atoms with Crippen molar-refractivity contribution in [3.05, 3.63) is 22.2 Å². The number of hydrogen-bond acceptors (Lipinski definition) is 3. The molecule has 0 heterocycles. The summed E-state index contributed by atoms with van der Waals surface area (Å²) >= 11 is 6.43. The van der Waals surface area contributed by atoms with Crippen LogP contribution in [0.2, 0.25) is 5.02 Å². The van der Waals surface area contributed by atoms with Crippen LogP contribution in [0.15, 0.2) is 6.07 Å². The smallest absolute Gasteiger partial charge is 0.141 e. The first kappa shape index (κ1) is 14.5. The summed E-state index contributed by atoms with van der Waals surface area (Å²) in [5.41, 5.74) is 8.06. The van der Waals surface area contributed by atoms with Crippen LogP contribution in [-0.2, 0) is 5.41 Å². The van der Waals surface area contributed by atoms with Crippen molar-refractivity contribution >= 4 is 11.6 Å². The molecule has 4 heteroatoms. The van der Waals surface area contributed by atoms with Gasteiger partial charge in [0.1, 0.15) is 11.5 Å². The second kappa shape index (κ2) is 5.59. The maximum atomic E-state index is 6.43. The molecular formula is C15H22ClNO2. The summed E-state index contributed by atoms with van der Waals surface area (Å²) < 4.78 is 11.0. The van der Waals surface area contributed by atoms with E-state index in [0.717, 1.165) is 35.5 Å². The van der Waals surface area contributed by atoms with E-state index in [-0.39, 0.29) is 5.41 Å². The number of methoxy groups -OCH3 is 2. The fourth-order valence-corrected chi connectivity index (χ4v) is 3.41. The van der Waals surface area contributed by atoms with Crippen molar-refractivity contribution in [2.45, 2.75) is 38.0 Å². The normalized spacial score (nSPS) is 17.5. The van der Waals surface area contributed by atoms with Crippen molar-refractivity contribution < 1.29 is 9.47 Å². The van der Waals surface area contributed by atoms with Crippen LogP contribution in [0.5, 0.6) is 11.5 Å². The van der Waals surface area contributed by atoms with Gasteiger partial charge in [-0.05, 0) is 25.8 Å². The van der Waals surface area contributed by atoms with Crippen LogP contribution in [-0.4, -0.2) is 20.8 Å². The number of nitrogens with two attached hydrogens (primary N) is 1. The average molecular weight is 284 g/mol. The van der Waals surface area contributed by atoms with Gasteiger partial charge in [0.25, 0.3) is 0 Å². The van der Waals surface area contributed by atoms with Gasteiger partial charge in [0.05, 0.1) is 19.2 Å². The van der Waals surface area contributed by atoms with Gasteiger partial charge < -0.3 is 15.2 Å². The van der Waals surface area contributed by atoms with E-state index >= 15 is 0 Å². The third-order valence-electron chi connectivity index (χ3n) is 4.37. The predicted molar refractivity (Wildman–Crippen MR) is 78.5 cm³/mol. The van der Waals surface area contributed by atoms with Gasteiger partial charge in [-0.15, -0.1) is 0 Å². The highest BCUT2D eigenvalue weighted by Crippen LogP contribution is 2.49. The fourth-order valence-electron chi connectivity index (χ4n) is 3.14. The molecule has 0 spiro atoms. The van der Waals surface area contributed by atoms with Crippen LogP contribution in [0, 0.1) is 6.92 Å². The molecule has 19 heavy (non-hydrogen) atoms. The van der Waals surface area contributed by atoms with E-state index in [1.165, 1.54) is 12.8 Å². The minimum Gasteiger partial charge on any atom is -0.496 e. The molecule has 1 aliphatic carbocycles. The zero-order chi connectivity index (χ0) is 14.0. The van der Waals surface area contributed by atoms with Crippen LogP contribution < -0.4 is 15.2 Å². The molecule has 2 rings (SSSR count). The Hall–Kier alpha value is -0.930. The van der Waals surface area contributed by atoms with Crippen LogP contribution in [0.25, 0.3) is 0 Å². The Morgan fingerprint density at radius 2 is 1.89 bits per heavy atom. The Morgan fingerprint density at radius 3 is 2.37 bits per heavy atom. The molecule has 0 bridgehead atoms. The molecular weight excluding hydrogens is 262 g/mol. The number of benzene rings is 1. The van der Waals surface area contributed by atoms with E-state index in [9.17, 15) is 0 Å². The van der Waals surface area contributed by atoms with Gasteiger partial charge in [-0.2, -0.15) is 0 Å². The van der Waals surface area contributed by atoms with E-state index < -0.39 is 0 Å². The highest BCUT2D eigenvalue weighted by atomic mass is 35.5. The van der Waals surface area contributed by atoms with Gasteiger partial charge in [-0.3, -0.25) is 0 Å². The van der Waals surface area contributed by atoms with Gasteiger partial charge in [0.2, 0.25) is 0 Å². The van der Waals surface area contributed by atoms with Crippen molar-refractivity contribution in [1.29, 1.82) is 0 Å². The Labute approximate surface area is 120 Å². The molecule has 0 saturated heterocycles. The van der Waals surface area contributed by atoms with Gasteiger partial charge in [-0.1, -0.05) is 24.4 Å². The number of ether oxygens (including phenoxy) is 2. The lowest BCUT2D eigenvalue weighted by Gasteiger charge is -2.31. The summed E-state index contributed by atoms with van der Waals surface area (Å²) in [5, 5.41) is 0.636. The lowest BCUT2D eigenvalue weighted by atomic mass is 9.78. The minimum absolute atomic E-state index is 0.0179. The standard InChI is InChI=1S/C15H22ClNO2/c1-10-12(18-2)8-11(14(19-3)13(10)16)15(9-17)6-4-5-7-15/h8H,4-7,9,17H2,1-3H3. The predicted octanol–water partition coefficient (Wildman–Crippen LogP) is 3.44. The molecule has 3 nitrogen and oxygen atoms in total. The van der Waals surface area contributed by atoms with E-state index in [1.807, 2.05) is 6.92 Å². The zero-order valence-corrected chi connectivity index (χ0v) is 12.6. The topological polar surface area (TPSA) is 44.5 Å². The zero-order valence-electron chi connectivity index (χ0n) is 11.9. The van der Waals surface area contributed by atoms with Crippen molar-refractivity contribution in [2.75, 3.05) is 20.8 Å². The SMILES string of the molecule is COc1cc(C2(CN)CCCC2)c(OC)c(Cl)c1C. The average Bonchev–Trinajstić information content (AvgIpc) is 2.91. The van der Waals surface area contributed by atoms with Gasteiger partial charge in [0, 0.05) is 23.1 Å². The first-order valence-electron chi connectivity index (χ1n) is 6.71. The third-order valence-corrected chi connectivity index (χ3v) is 4.82. The molecule has 2 N–H and O–H groups in total. The molecule has 0 atom stereocenters. The molecule has 0 unspecified atom stereocenters. The van der Waals surface area contributed by atoms with E-state index in [0.29, 0.717) is 11.6 Å². The second-order valence-electron chi connectivity index (χ2n) is 5.29. The van der Waals surface area contributed by atoms with Gasteiger partial charge in [0.15, 0.2) is 0 Å². The largest absolute Gasteiger partial charge is 0.496 e. The summed E-state index contributed by atoms with van der Waals surface area (Å²) in [6.07, 6.45) is 4.58. The van der Waals surface area contributed by atoms with Crippen LogP contribution >= 0.6 is 11.6 Å². The molecule has 0 radical (unpaired) electrons. The van der Waals surface area contributed by atoms with Crippen LogP contribution in [0.4, 0.5) is 0 Å². The monoisotopic (exact) mass is 283 g/mol. The van der Waals surface area contributed by atoms with Crippen molar-refractivity contribution in [3.8, 4) is 11.5 Å². The highest BCUT2D eigenvalue weighted by molar-refractivity contribution is 6.33. The summed E-state index contributed by atoms with van der Waals surface area (Å²) in [5.74, 6) is 1.56. The minimum atomic E-state index is -0.0179. The van der Waals surface area contributed by atoms with E-state index in [2.05, 4.69) is 6.07 Å². The molecule has 1 aromatic carbocycles. The molecule has 1 saturated carbocycles. The number of hydrogen-bond donors (Lipinski definition) is 1. The highest BCUT2D eigenvalue weighted by Gasteiger charge is 2.38. The van der Waals surface area contributed by atoms with Crippen LogP contribution in [0.1, 0.15) is 36.8 Å². The molecule has 1 aromatic rings. The maximum absolute atomic E-state index is 6.43. The van der Waals surface area contributed by atoms with Gasteiger partial charge in [-0.25, -0.2) is 0 Å². The van der Waals surface area contributed by atoms with E-state index in [4.69, 9.17) is 26.8 Å². The molecule has 1 fully saturated rings. The van der Waals surface area contributed by atoms with Crippen LogP contribution in [0.3, 0.4) is 0 Å². The van der Waals surface area contributed by atoms with Crippen molar-refractivity contribution in [2.24, 2.45) is 5.73 Å². The fraction of sp³-hybridized carbons (Fsp3) is 0.600. The quantitative estimate of drug-likeness (QED) is 0.921.